The van der Waals surface area contributed by atoms with Crippen molar-refractivity contribution in [3.05, 3.63) is 66.7 Å². The lowest BCUT2D eigenvalue weighted by molar-refractivity contribution is 0.504. The molecule has 0 heterocycles. The lowest BCUT2D eigenvalue weighted by Crippen LogP contribution is -2.15. The van der Waals surface area contributed by atoms with E-state index < -0.39 is 0 Å². The molecule has 0 aliphatic heterocycles. The van der Waals surface area contributed by atoms with E-state index in [1.54, 1.807) is 0 Å². The van der Waals surface area contributed by atoms with Gasteiger partial charge in [-0.05, 0) is 48.4 Å². The number of rotatable bonds is 4. The largest absolute Gasteiger partial charge is 0.385 e. The summed E-state index contributed by atoms with van der Waals surface area (Å²) >= 11 is 0. The molecule has 2 aromatic rings. The van der Waals surface area contributed by atoms with Gasteiger partial charge in [-0.3, -0.25) is 0 Å². The van der Waals surface area contributed by atoms with E-state index in [9.17, 15) is 0 Å². The Balaban J connectivity index is 1.60. The van der Waals surface area contributed by atoms with Crippen LogP contribution in [0, 0.1) is 5.92 Å². The van der Waals surface area contributed by atoms with Crippen LogP contribution in [0.3, 0.4) is 0 Å². The number of hydrogen-bond donors (Lipinski definition) is 1. The van der Waals surface area contributed by atoms with Crippen LogP contribution in [0.15, 0.2) is 66.7 Å². The molecule has 0 radical (unpaired) electrons. The predicted molar refractivity (Wildman–Crippen MR) is 86.8 cm³/mol. The normalized spacial score (nSPS) is 17.9. The molecular formula is C19H21N. The first-order valence-electron chi connectivity index (χ1n) is 7.46. The van der Waals surface area contributed by atoms with Crippen molar-refractivity contribution in [2.24, 2.45) is 5.92 Å². The smallest absolute Gasteiger partial charge is 0.0340 e. The Hall–Kier alpha value is -2.02. The number of anilines is 1. The summed E-state index contributed by atoms with van der Waals surface area (Å²) in [5.74, 6) is 0.786. The first kappa shape index (κ1) is 13.0. The SMILES string of the molecule is C1=CCC(CNc2ccc(-c3ccccc3)cc2)CC1. The Morgan fingerprint density at radius 1 is 0.850 bits per heavy atom. The fraction of sp³-hybridized carbons (Fsp3) is 0.263. The second-order valence-corrected chi connectivity index (χ2v) is 5.47. The summed E-state index contributed by atoms with van der Waals surface area (Å²) in [6, 6.07) is 19.3. The maximum atomic E-state index is 3.56. The van der Waals surface area contributed by atoms with Crippen LogP contribution in [-0.2, 0) is 0 Å². The van der Waals surface area contributed by atoms with Gasteiger partial charge < -0.3 is 5.32 Å². The summed E-state index contributed by atoms with van der Waals surface area (Å²) < 4.78 is 0. The highest BCUT2D eigenvalue weighted by atomic mass is 14.9. The minimum atomic E-state index is 0.786. The van der Waals surface area contributed by atoms with Gasteiger partial charge in [-0.15, -0.1) is 0 Å². The summed E-state index contributed by atoms with van der Waals surface area (Å²) in [5, 5.41) is 3.56. The Morgan fingerprint density at radius 2 is 1.60 bits per heavy atom. The number of benzene rings is 2. The first-order valence-corrected chi connectivity index (χ1v) is 7.46. The molecule has 102 valence electrons. The van der Waals surface area contributed by atoms with E-state index in [2.05, 4.69) is 72.1 Å². The van der Waals surface area contributed by atoms with Gasteiger partial charge in [0.25, 0.3) is 0 Å². The highest BCUT2D eigenvalue weighted by Crippen LogP contribution is 2.22. The van der Waals surface area contributed by atoms with Crippen LogP contribution in [0.1, 0.15) is 19.3 Å². The Labute approximate surface area is 121 Å². The molecule has 1 N–H and O–H groups in total. The number of hydrogen-bond acceptors (Lipinski definition) is 1. The summed E-state index contributed by atoms with van der Waals surface area (Å²) in [4.78, 5) is 0. The van der Waals surface area contributed by atoms with Gasteiger partial charge in [0.15, 0.2) is 0 Å². The third-order valence-electron chi connectivity index (χ3n) is 3.96. The van der Waals surface area contributed by atoms with Crippen LogP contribution < -0.4 is 5.32 Å². The van der Waals surface area contributed by atoms with Crippen LogP contribution in [0.25, 0.3) is 11.1 Å². The second-order valence-electron chi connectivity index (χ2n) is 5.47. The fourth-order valence-corrected chi connectivity index (χ4v) is 2.72. The van der Waals surface area contributed by atoms with E-state index in [-0.39, 0.29) is 0 Å². The molecule has 0 spiro atoms. The number of nitrogens with one attached hydrogen (secondary N) is 1. The minimum Gasteiger partial charge on any atom is -0.385 e. The van der Waals surface area contributed by atoms with Gasteiger partial charge in [-0.2, -0.15) is 0 Å². The van der Waals surface area contributed by atoms with Crippen molar-refractivity contribution in [3.63, 3.8) is 0 Å². The van der Waals surface area contributed by atoms with Crippen molar-refractivity contribution in [2.45, 2.75) is 19.3 Å². The zero-order chi connectivity index (χ0) is 13.6. The zero-order valence-corrected chi connectivity index (χ0v) is 11.8. The van der Waals surface area contributed by atoms with Crippen molar-refractivity contribution in [1.29, 1.82) is 0 Å². The van der Waals surface area contributed by atoms with Crippen molar-refractivity contribution in [3.8, 4) is 11.1 Å². The summed E-state index contributed by atoms with van der Waals surface area (Å²) in [5.41, 5.74) is 3.77. The van der Waals surface area contributed by atoms with Crippen molar-refractivity contribution in [1.82, 2.24) is 0 Å². The van der Waals surface area contributed by atoms with Crippen molar-refractivity contribution >= 4 is 5.69 Å². The Bertz CT molecular complexity index is 554. The lowest BCUT2D eigenvalue weighted by atomic mass is 9.94. The number of allylic oxidation sites excluding steroid dienone is 2. The standard InChI is InChI=1S/C19H21N/c1-3-7-16(8-4-1)15-20-19-13-11-18(12-14-19)17-9-5-2-6-10-17/h1-3,5-6,9-14,16,20H,4,7-8,15H2. The van der Waals surface area contributed by atoms with Crippen LogP contribution in [0.2, 0.25) is 0 Å². The van der Waals surface area contributed by atoms with E-state index in [1.807, 2.05) is 0 Å². The quantitative estimate of drug-likeness (QED) is 0.755. The molecule has 0 saturated heterocycles. The minimum absolute atomic E-state index is 0.786. The maximum absolute atomic E-state index is 3.56. The molecule has 0 amide bonds. The average Bonchev–Trinajstić information content (AvgIpc) is 2.55. The Morgan fingerprint density at radius 3 is 2.30 bits per heavy atom. The third-order valence-corrected chi connectivity index (χ3v) is 3.96. The maximum Gasteiger partial charge on any atom is 0.0340 e. The van der Waals surface area contributed by atoms with Crippen LogP contribution in [0.4, 0.5) is 5.69 Å². The van der Waals surface area contributed by atoms with Crippen LogP contribution in [-0.4, -0.2) is 6.54 Å². The highest BCUT2D eigenvalue weighted by Gasteiger charge is 2.09. The molecule has 1 aliphatic carbocycles. The van der Waals surface area contributed by atoms with Crippen molar-refractivity contribution in [2.75, 3.05) is 11.9 Å². The lowest BCUT2D eigenvalue weighted by Gasteiger charge is -2.18. The third kappa shape index (κ3) is 3.30. The fourth-order valence-electron chi connectivity index (χ4n) is 2.72. The molecule has 2 aromatic carbocycles. The van der Waals surface area contributed by atoms with Crippen LogP contribution >= 0.6 is 0 Å². The summed E-state index contributed by atoms with van der Waals surface area (Å²) in [6.45, 7) is 1.08. The molecule has 0 fully saturated rings. The molecule has 1 unspecified atom stereocenters. The molecule has 0 aromatic heterocycles. The van der Waals surface area contributed by atoms with Crippen LogP contribution in [0.5, 0.6) is 0 Å². The first-order chi connectivity index (χ1) is 9.92. The van der Waals surface area contributed by atoms with E-state index in [0.29, 0.717) is 0 Å². The molecular weight excluding hydrogens is 242 g/mol. The van der Waals surface area contributed by atoms with E-state index in [4.69, 9.17) is 0 Å². The van der Waals surface area contributed by atoms with Gasteiger partial charge in [-0.25, -0.2) is 0 Å². The van der Waals surface area contributed by atoms with E-state index >= 15 is 0 Å². The monoisotopic (exact) mass is 263 g/mol. The van der Waals surface area contributed by atoms with E-state index in [1.165, 1.54) is 36.1 Å². The van der Waals surface area contributed by atoms with Gasteiger partial charge in [0.1, 0.15) is 0 Å². The zero-order valence-electron chi connectivity index (χ0n) is 11.8. The highest BCUT2D eigenvalue weighted by molar-refractivity contribution is 5.65. The summed E-state index contributed by atoms with van der Waals surface area (Å²) in [6.07, 6.45) is 8.37. The summed E-state index contributed by atoms with van der Waals surface area (Å²) in [7, 11) is 0. The second kappa shape index (κ2) is 6.42. The molecule has 20 heavy (non-hydrogen) atoms. The predicted octanol–water partition coefficient (Wildman–Crippen LogP) is 5.12. The topological polar surface area (TPSA) is 12.0 Å². The molecule has 3 rings (SSSR count). The molecule has 0 saturated carbocycles. The molecule has 1 aliphatic rings. The van der Waals surface area contributed by atoms with Gasteiger partial charge in [0.05, 0.1) is 0 Å². The van der Waals surface area contributed by atoms with Gasteiger partial charge in [0, 0.05) is 12.2 Å². The molecule has 0 bridgehead atoms. The van der Waals surface area contributed by atoms with Gasteiger partial charge >= 0.3 is 0 Å². The Kier molecular flexibility index (Phi) is 4.17. The molecule has 1 nitrogen and oxygen atoms in total. The average molecular weight is 263 g/mol. The van der Waals surface area contributed by atoms with Gasteiger partial charge in [-0.1, -0.05) is 54.6 Å². The van der Waals surface area contributed by atoms with E-state index in [0.717, 1.165) is 12.5 Å². The van der Waals surface area contributed by atoms with Crippen molar-refractivity contribution < 1.29 is 0 Å². The molecule has 1 heteroatoms. The molecule has 1 atom stereocenters. The van der Waals surface area contributed by atoms with Gasteiger partial charge in [0.2, 0.25) is 0 Å².